The number of nitrogens with one attached hydrogen (secondary N) is 1. The molecule has 0 amide bonds. The van der Waals surface area contributed by atoms with E-state index in [1.54, 1.807) is 23.9 Å². The van der Waals surface area contributed by atoms with Gasteiger partial charge in [-0.2, -0.15) is 0 Å². The van der Waals surface area contributed by atoms with Crippen molar-refractivity contribution >= 4 is 11.3 Å². The molecule has 1 aliphatic rings. The molecule has 20 heavy (non-hydrogen) atoms. The largest absolute Gasteiger partial charge is 0.314 e. The molecule has 3 rings (SSSR count). The van der Waals surface area contributed by atoms with E-state index in [-0.39, 0.29) is 0 Å². The summed E-state index contributed by atoms with van der Waals surface area (Å²) in [6.45, 7) is 5.41. The lowest BCUT2D eigenvalue weighted by molar-refractivity contribution is 0.475. The Morgan fingerprint density at radius 2 is 2.35 bits per heavy atom. The smallest absolute Gasteiger partial charge is 0.142 e. The Balaban J connectivity index is 1.85. The lowest BCUT2D eigenvalue weighted by Crippen LogP contribution is -2.29. The van der Waals surface area contributed by atoms with Crippen molar-refractivity contribution in [2.24, 2.45) is 0 Å². The molecule has 0 fully saturated rings. The molecule has 2 heterocycles. The van der Waals surface area contributed by atoms with Crippen LogP contribution in [0, 0.1) is 0 Å². The van der Waals surface area contributed by atoms with Crippen molar-refractivity contribution in [3.05, 3.63) is 29.2 Å². The molecule has 4 nitrogen and oxygen atoms in total. The van der Waals surface area contributed by atoms with Crippen molar-refractivity contribution in [2.75, 3.05) is 6.54 Å². The van der Waals surface area contributed by atoms with Crippen molar-refractivity contribution in [2.45, 2.75) is 45.1 Å². The summed E-state index contributed by atoms with van der Waals surface area (Å²) in [5, 5.41) is 4.58. The molecule has 0 spiro atoms. The number of nitrogens with zero attached hydrogens (tertiary/aromatic N) is 3. The molecular weight excluding hydrogens is 268 g/mol. The van der Waals surface area contributed by atoms with E-state index in [4.69, 9.17) is 4.98 Å². The fraction of sp³-hybridized carbons (Fsp3) is 0.533. The molecule has 0 radical (unpaired) electrons. The Morgan fingerprint density at radius 3 is 3.10 bits per heavy atom. The molecule has 1 N–H and O–H groups in total. The van der Waals surface area contributed by atoms with Crippen molar-refractivity contribution in [3.8, 4) is 10.7 Å². The molecule has 1 atom stereocenters. The topological polar surface area (TPSA) is 50.7 Å². The minimum Gasteiger partial charge on any atom is -0.314 e. The van der Waals surface area contributed by atoms with Gasteiger partial charge in [0.25, 0.3) is 0 Å². The zero-order valence-electron chi connectivity index (χ0n) is 12.0. The van der Waals surface area contributed by atoms with Gasteiger partial charge in [0, 0.05) is 29.6 Å². The Kier molecular flexibility index (Phi) is 4.08. The number of fused-ring (bicyclic) bond motifs is 1. The van der Waals surface area contributed by atoms with Crippen LogP contribution in [0.4, 0.5) is 0 Å². The van der Waals surface area contributed by atoms with Crippen LogP contribution in [0.3, 0.4) is 0 Å². The Hall–Kier alpha value is -1.33. The van der Waals surface area contributed by atoms with Crippen molar-refractivity contribution in [1.82, 2.24) is 20.3 Å². The van der Waals surface area contributed by atoms with Crippen LogP contribution in [0.1, 0.15) is 43.2 Å². The molecule has 0 aromatic carbocycles. The summed E-state index contributed by atoms with van der Waals surface area (Å²) in [7, 11) is 0. The van der Waals surface area contributed by atoms with Gasteiger partial charge in [-0.05, 0) is 25.3 Å². The first-order valence-corrected chi connectivity index (χ1v) is 8.05. The summed E-state index contributed by atoms with van der Waals surface area (Å²) in [5.41, 5.74) is 2.23. The third-order valence-corrected chi connectivity index (χ3v) is 4.80. The number of rotatable bonds is 4. The standard InChI is InChI=1S/C15H20N4S/c1-10(2)17-8-11-4-3-5-13-14(11)19-15(20-13)12-6-7-16-9-18-12/h6-7,9-11,17H,3-5,8H2,1-2H3. The predicted molar refractivity (Wildman–Crippen MR) is 82.0 cm³/mol. The average molecular weight is 288 g/mol. The molecule has 106 valence electrons. The first-order chi connectivity index (χ1) is 9.74. The van der Waals surface area contributed by atoms with E-state index in [1.807, 2.05) is 6.07 Å². The summed E-state index contributed by atoms with van der Waals surface area (Å²) >= 11 is 1.80. The van der Waals surface area contributed by atoms with Gasteiger partial charge in [-0.1, -0.05) is 13.8 Å². The quantitative estimate of drug-likeness (QED) is 0.939. The molecule has 5 heteroatoms. The zero-order chi connectivity index (χ0) is 13.9. The highest BCUT2D eigenvalue weighted by atomic mass is 32.1. The molecule has 1 unspecified atom stereocenters. The van der Waals surface area contributed by atoms with E-state index < -0.39 is 0 Å². The van der Waals surface area contributed by atoms with Crippen LogP contribution in [0.25, 0.3) is 10.7 Å². The first-order valence-electron chi connectivity index (χ1n) is 7.23. The van der Waals surface area contributed by atoms with Gasteiger partial charge in [-0.25, -0.2) is 15.0 Å². The molecule has 0 bridgehead atoms. The molecule has 2 aromatic rings. The fourth-order valence-corrected chi connectivity index (χ4v) is 3.78. The summed E-state index contributed by atoms with van der Waals surface area (Å²) in [4.78, 5) is 14.6. The molecule has 0 saturated carbocycles. The van der Waals surface area contributed by atoms with Gasteiger partial charge in [-0.3, -0.25) is 0 Å². The van der Waals surface area contributed by atoms with Gasteiger partial charge in [0.15, 0.2) is 0 Å². The van der Waals surface area contributed by atoms with Gasteiger partial charge in [0.1, 0.15) is 17.0 Å². The molecule has 1 aliphatic carbocycles. The zero-order valence-corrected chi connectivity index (χ0v) is 12.8. The number of aromatic nitrogens is 3. The van der Waals surface area contributed by atoms with E-state index in [0.29, 0.717) is 12.0 Å². The Labute approximate surface area is 123 Å². The van der Waals surface area contributed by atoms with Gasteiger partial charge in [-0.15, -0.1) is 11.3 Å². The fourth-order valence-electron chi connectivity index (χ4n) is 2.61. The highest BCUT2D eigenvalue weighted by Gasteiger charge is 2.25. The third-order valence-electron chi connectivity index (χ3n) is 3.64. The minimum absolute atomic E-state index is 0.528. The summed E-state index contributed by atoms with van der Waals surface area (Å²) in [6, 6.07) is 2.46. The molecule has 2 aromatic heterocycles. The third kappa shape index (κ3) is 2.88. The highest BCUT2D eigenvalue weighted by Crippen LogP contribution is 2.37. The second kappa shape index (κ2) is 5.97. The lowest BCUT2D eigenvalue weighted by Gasteiger charge is -2.22. The van der Waals surface area contributed by atoms with Crippen molar-refractivity contribution in [3.63, 3.8) is 0 Å². The van der Waals surface area contributed by atoms with Crippen LogP contribution in [0.5, 0.6) is 0 Å². The maximum Gasteiger partial charge on any atom is 0.142 e. The van der Waals surface area contributed by atoms with Gasteiger partial charge >= 0.3 is 0 Å². The number of hydrogen-bond donors (Lipinski definition) is 1. The van der Waals surface area contributed by atoms with Crippen LogP contribution >= 0.6 is 11.3 Å². The van der Waals surface area contributed by atoms with Crippen molar-refractivity contribution < 1.29 is 0 Å². The van der Waals surface area contributed by atoms with Gasteiger partial charge in [0.2, 0.25) is 0 Å². The summed E-state index contributed by atoms with van der Waals surface area (Å²) in [6.07, 6.45) is 7.03. The molecule has 0 saturated heterocycles. The normalized spacial score (nSPS) is 18.2. The van der Waals surface area contributed by atoms with E-state index in [0.717, 1.165) is 23.7 Å². The van der Waals surface area contributed by atoms with Crippen LogP contribution in [-0.4, -0.2) is 27.5 Å². The molecular formula is C15H20N4S. The Bertz CT molecular complexity index is 565. The van der Waals surface area contributed by atoms with Crippen LogP contribution in [-0.2, 0) is 6.42 Å². The number of hydrogen-bond acceptors (Lipinski definition) is 5. The minimum atomic E-state index is 0.528. The summed E-state index contributed by atoms with van der Waals surface area (Å²) < 4.78 is 0. The lowest BCUT2D eigenvalue weighted by atomic mass is 9.91. The van der Waals surface area contributed by atoms with Gasteiger partial charge < -0.3 is 5.32 Å². The monoisotopic (exact) mass is 288 g/mol. The van der Waals surface area contributed by atoms with Crippen LogP contribution in [0.2, 0.25) is 0 Å². The summed E-state index contributed by atoms with van der Waals surface area (Å²) in [5.74, 6) is 0.549. The maximum atomic E-state index is 4.87. The van der Waals surface area contributed by atoms with Crippen LogP contribution in [0.15, 0.2) is 18.6 Å². The van der Waals surface area contributed by atoms with E-state index in [2.05, 4.69) is 29.1 Å². The first kappa shape index (κ1) is 13.6. The maximum absolute atomic E-state index is 4.87. The highest BCUT2D eigenvalue weighted by molar-refractivity contribution is 7.15. The number of thiazole rings is 1. The van der Waals surface area contributed by atoms with E-state index >= 15 is 0 Å². The second-order valence-corrected chi connectivity index (χ2v) is 6.66. The molecule has 0 aliphatic heterocycles. The van der Waals surface area contributed by atoms with E-state index in [9.17, 15) is 0 Å². The number of aryl methyl sites for hydroxylation is 1. The average Bonchev–Trinajstić information content (AvgIpc) is 2.90. The second-order valence-electron chi connectivity index (χ2n) is 5.57. The van der Waals surface area contributed by atoms with Crippen LogP contribution < -0.4 is 5.32 Å². The van der Waals surface area contributed by atoms with E-state index in [1.165, 1.54) is 23.4 Å². The SMILES string of the molecule is CC(C)NCC1CCCc2sc(-c3ccncn3)nc21. The van der Waals surface area contributed by atoms with Gasteiger partial charge in [0.05, 0.1) is 5.69 Å². The Morgan fingerprint density at radius 1 is 1.45 bits per heavy atom. The predicted octanol–water partition coefficient (Wildman–Crippen LogP) is 3.02. The van der Waals surface area contributed by atoms with Crippen molar-refractivity contribution in [1.29, 1.82) is 0 Å².